The Bertz CT molecular complexity index is 1130. The van der Waals surface area contributed by atoms with Gasteiger partial charge in [-0.3, -0.25) is 14.5 Å². The molecule has 2 fully saturated rings. The molecule has 0 bridgehead atoms. The van der Waals surface area contributed by atoms with Crippen molar-refractivity contribution in [3.05, 3.63) is 46.4 Å². The normalized spacial score (nSPS) is 21.0. The van der Waals surface area contributed by atoms with E-state index >= 15 is 0 Å². The topological polar surface area (TPSA) is 123 Å². The maximum atomic E-state index is 13.0. The molecule has 32 heavy (non-hydrogen) atoms. The predicted molar refractivity (Wildman–Crippen MR) is 114 cm³/mol. The van der Waals surface area contributed by atoms with Gasteiger partial charge < -0.3 is 19.5 Å². The van der Waals surface area contributed by atoms with Crippen LogP contribution in [0.5, 0.6) is 0 Å². The van der Waals surface area contributed by atoms with Gasteiger partial charge in [-0.2, -0.15) is 5.26 Å². The summed E-state index contributed by atoms with van der Waals surface area (Å²) in [5.74, 6) is -0.0508. The quantitative estimate of drug-likeness (QED) is 0.693. The summed E-state index contributed by atoms with van der Waals surface area (Å²) in [4.78, 5) is 46.8. The van der Waals surface area contributed by atoms with E-state index in [2.05, 4.69) is 10.3 Å². The summed E-state index contributed by atoms with van der Waals surface area (Å²) in [6, 6.07) is 8.08. The van der Waals surface area contributed by atoms with E-state index in [0.29, 0.717) is 48.5 Å². The van der Waals surface area contributed by atoms with Crippen molar-refractivity contribution in [2.45, 2.75) is 19.4 Å². The number of halogens is 1. The molecule has 4 amide bonds. The third-order valence-corrected chi connectivity index (χ3v) is 5.95. The van der Waals surface area contributed by atoms with Gasteiger partial charge >= 0.3 is 6.03 Å². The summed E-state index contributed by atoms with van der Waals surface area (Å²) in [5, 5.41) is 12.3. The van der Waals surface area contributed by atoms with Crippen molar-refractivity contribution in [2.24, 2.45) is 0 Å². The highest BCUT2D eigenvalue weighted by Crippen LogP contribution is 2.30. The van der Waals surface area contributed by atoms with E-state index < -0.39 is 17.5 Å². The lowest BCUT2D eigenvalue weighted by atomic mass is 9.92. The van der Waals surface area contributed by atoms with Crippen LogP contribution >= 0.6 is 11.6 Å². The van der Waals surface area contributed by atoms with Crippen LogP contribution < -0.4 is 10.2 Å². The Balaban J connectivity index is 1.41. The lowest BCUT2D eigenvalue weighted by Crippen LogP contribution is -2.52. The second kappa shape index (κ2) is 8.16. The number of carbonyl (C=O) groups excluding carboxylic acids is 3. The zero-order chi connectivity index (χ0) is 23.0. The van der Waals surface area contributed by atoms with Gasteiger partial charge in [-0.05, 0) is 24.6 Å². The third-order valence-electron chi connectivity index (χ3n) is 5.71. The number of nitrogens with one attached hydrogen (secondary N) is 1. The third kappa shape index (κ3) is 3.76. The van der Waals surface area contributed by atoms with Crippen LogP contribution in [0.1, 0.15) is 24.1 Å². The summed E-state index contributed by atoms with van der Waals surface area (Å²) in [6.07, 6.45) is 0. The molecule has 11 heteroatoms. The van der Waals surface area contributed by atoms with E-state index in [4.69, 9.17) is 16.0 Å². The highest BCUT2D eigenvalue weighted by molar-refractivity contribution is 6.30. The number of benzene rings is 1. The number of nitrogens with zero attached hydrogens (tertiary/aromatic N) is 5. The summed E-state index contributed by atoms with van der Waals surface area (Å²) in [5.41, 5.74) is -0.539. The summed E-state index contributed by atoms with van der Waals surface area (Å²) >= 11 is 6.04. The second-order valence-corrected chi connectivity index (χ2v) is 8.26. The van der Waals surface area contributed by atoms with Crippen LogP contribution in [-0.4, -0.2) is 65.4 Å². The molecule has 0 radical (unpaired) electrons. The molecule has 1 aromatic carbocycles. The molecule has 166 valence electrons. The fraction of sp³-hybridized carbons (Fsp3) is 0.381. The van der Waals surface area contributed by atoms with Crippen LogP contribution in [0, 0.1) is 18.3 Å². The highest BCUT2D eigenvalue weighted by atomic mass is 35.5. The van der Waals surface area contributed by atoms with Crippen LogP contribution in [0.4, 0.5) is 10.7 Å². The molecule has 1 atom stereocenters. The number of aromatic nitrogens is 1. The molecule has 1 unspecified atom stereocenters. The van der Waals surface area contributed by atoms with Gasteiger partial charge in [0.2, 0.25) is 17.5 Å². The zero-order valence-electron chi connectivity index (χ0n) is 17.6. The van der Waals surface area contributed by atoms with Crippen molar-refractivity contribution in [2.75, 3.05) is 37.6 Å². The van der Waals surface area contributed by atoms with Crippen LogP contribution in [0.2, 0.25) is 5.02 Å². The number of nitriles is 1. The standard InChI is InChI=1S/C21H21ClN6O4/c1-13-24-16(11-23)18(32-13)27-8-6-26(7-9-27)17(29)12-28-19(30)21(2,25-20(28)31)14-4-3-5-15(22)10-14/h3-5,10H,6-9,12H2,1-2H3,(H,25,31). The van der Waals surface area contributed by atoms with Crippen LogP contribution in [0.25, 0.3) is 0 Å². The van der Waals surface area contributed by atoms with Crippen molar-refractivity contribution in [3.8, 4) is 6.07 Å². The number of aryl methyl sites for hydroxylation is 1. The molecule has 3 heterocycles. The lowest BCUT2D eigenvalue weighted by Gasteiger charge is -2.35. The molecule has 2 saturated heterocycles. The Morgan fingerprint density at radius 1 is 1.31 bits per heavy atom. The van der Waals surface area contributed by atoms with Crippen molar-refractivity contribution in [1.82, 2.24) is 20.1 Å². The van der Waals surface area contributed by atoms with Gasteiger partial charge in [0.05, 0.1) is 0 Å². The minimum atomic E-state index is -1.29. The van der Waals surface area contributed by atoms with Gasteiger partial charge in [0.25, 0.3) is 5.91 Å². The Kier molecular flexibility index (Phi) is 5.52. The second-order valence-electron chi connectivity index (χ2n) is 7.82. The summed E-state index contributed by atoms with van der Waals surface area (Å²) in [6.45, 7) is 4.50. The molecule has 0 aliphatic carbocycles. The summed E-state index contributed by atoms with van der Waals surface area (Å²) in [7, 11) is 0. The monoisotopic (exact) mass is 456 g/mol. The molecular formula is C21H21ClN6O4. The zero-order valence-corrected chi connectivity index (χ0v) is 18.3. The van der Waals surface area contributed by atoms with Gasteiger partial charge in [0.15, 0.2) is 5.89 Å². The first-order valence-electron chi connectivity index (χ1n) is 10.0. The van der Waals surface area contributed by atoms with E-state index in [1.807, 2.05) is 11.0 Å². The average Bonchev–Trinajstić information content (AvgIpc) is 3.26. The fourth-order valence-corrected chi connectivity index (χ4v) is 4.12. The highest BCUT2D eigenvalue weighted by Gasteiger charge is 2.49. The predicted octanol–water partition coefficient (Wildman–Crippen LogP) is 1.62. The SMILES string of the molecule is Cc1nc(C#N)c(N2CCN(C(=O)CN3C(=O)NC(C)(c4cccc(Cl)c4)C3=O)CC2)o1. The first-order valence-corrected chi connectivity index (χ1v) is 10.4. The van der Waals surface area contributed by atoms with Gasteiger partial charge in [-0.15, -0.1) is 0 Å². The molecule has 4 rings (SSSR count). The molecule has 2 aromatic rings. The van der Waals surface area contributed by atoms with E-state index in [1.54, 1.807) is 43.0 Å². The molecule has 1 N–H and O–H groups in total. The molecule has 2 aliphatic rings. The van der Waals surface area contributed by atoms with Gasteiger partial charge in [-0.25, -0.2) is 9.78 Å². The molecule has 10 nitrogen and oxygen atoms in total. The Morgan fingerprint density at radius 2 is 2.03 bits per heavy atom. The number of imide groups is 1. The largest absolute Gasteiger partial charge is 0.424 e. The molecular weight excluding hydrogens is 436 g/mol. The Hall–Kier alpha value is -3.58. The fourth-order valence-electron chi connectivity index (χ4n) is 3.93. The molecule has 1 aromatic heterocycles. The number of anilines is 1. The molecule has 2 aliphatic heterocycles. The molecule has 0 spiro atoms. The van der Waals surface area contributed by atoms with E-state index in [1.165, 1.54) is 0 Å². The minimum absolute atomic E-state index is 0.210. The van der Waals surface area contributed by atoms with Crippen LogP contribution in [0.3, 0.4) is 0 Å². The number of hydrogen-bond acceptors (Lipinski definition) is 7. The maximum absolute atomic E-state index is 13.0. The first-order chi connectivity index (χ1) is 15.2. The first kappa shape index (κ1) is 21.6. The van der Waals surface area contributed by atoms with Gasteiger partial charge in [-0.1, -0.05) is 23.7 Å². The number of amides is 4. The number of oxazole rings is 1. The van der Waals surface area contributed by atoms with E-state index in [9.17, 15) is 19.6 Å². The van der Waals surface area contributed by atoms with Crippen molar-refractivity contribution in [3.63, 3.8) is 0 Å². The maximum Gasteiger partial charge on any atom is 0.325 e. The van der Waals surface area contributed by atoms with Crippen LogP contribution in [-0.2, 0) is 15.1 Å². The average molecular weight is 457 g/mol. The Labute approximate surface area is 189 Å². The number of rotatable bonds is 4. The Morgan fingerprint density at radius 3 is 2.69 bits per heavy atom. The van der Waals surface area contributed by atoms with E-state index in [0.717, 1.165) is 4.90 Å². The van der Waals surface area contributed by atoms with Crippen molar-refractivity contribution < 1.29 is 18.8 Å². The minimum Gasteiger partial charge on any atom is -0.424 e. The summed E-state index contributed by atoms with van der Waals surface area (Å²) < 4.78 is 5.52. The molecule has 0 saturated carbocycles. The van der Waals surface area contributed by atoms with E-state index in [-0.39, 0.29) is 18.1 Å². The van der Waals surface area contributed by atoms with Gasteiger partial charge in [0.1, 0.15) is 18.2 Å². The van der Waals surface area contributed by atoms with Crippen LogP contribution in [0.15, 0.2) is 28.7 Å². The lowest BCUT2D eigenvalue weighted by molar-refractivity contribution is -0.139. The van der Waals surface area contributed by atoms with Crippen molar-refractivity contribution >= 4 is 35.3 Å². The number of carbonyl (C=O) groups is 3. The number of hydrogen-bond donors (Lipinski definition) is 1. The smallest absolute Gasteiger partial charge is 0.325 e. The van der Waals surface area contributed by atoms with Gasteiger partial charge in [0, 0.05) is 38.1 Å². The number of urea groups is 1. The van der Waals surface area contributed by atoms with Crippen molar-refractivity contribution in [1.29, 1.82) is 5.26 Å². The number of piperazine rings is 1.